The Balaban J connectivity index is 1.50. The van der Waals surface area contributed by atoms with Crippen LogP contribution in [-0.2, 0) is 20.9 Å². The number of furan rings is 1. The van der Waals surface area contributed by atoms with Crippen LogP contribution in [0.5, 0.6) is 0 Å². The fraction of sp³-hybridized carbons (Fsp3) is 0.263. The molecule has 0 aliphatic carbocycles. The van der Waals surface area contributed by atoms with E-state index < -0.39 is 36.8 Å². The maximum Gasteiger partial charge on any atom is 0.326 e. The number of esters is 1. The average molecular weight is 370 g/mol. The second-order valence-electron chi connectivity index (χ2n) is 6.16. The zero-order chi connectivity index (χ0) is 19.6. The number of rotatable bonds is 6. The number of hydrogen-bond donors (Lipinski definition) is 0. The van der Waals surface area contributed by atoms with Crippen LogP contribution in [0.2, 0.25) is 0 Å². The molecule has 1 aliphatic heterocycles. The van der Waals surface area contributed by atoms with Crippen LogP contribution < -0.4 is 0 Å². The van der Waals surface area contributed by atoms with Crippen LogP contribution in [0.25, 0.3) is 0 Å². The van der Waals surface area contributed by atoms with Gasteiger partial charge in [-0.1, -0.05) is 12.1 Å². The van der Waals surface area contributed by atoms with Crippen molar-refractivity contribution in [1.29, 1.82) is 0 Å². The number of nitrogens with zero attached hydrogens (tertiary/aromatic N) is 2. The second kappa shape index (κ2) is 7.45. The van der Waals surface area contributed by atoms with Crippen molar-refractivity contribution in [1.82, 2.24) is 9.80 Å². The van der Waals surface area contributed by atoms with Gasteiger partial charge >= 0.3 is 5.97 Å². The molecule has 2 aromatic rings. The van der Waals surface area contributed by atoms with E-state index in [2.05, 4.69) is 0 Å². The molecule has 8 nitrogen and oxygen atoms in total. The third-order valence-electron chi connectivity index (χ3n) is 4.14. The van der Waals surface area contributed by atoms with Gasteiger partial charge in [-0.15, -0.1) is 0 Å². The Morgan fingerprint density at radius 1 is 1.07 bits per heavy atom. The molecule has 1 aromatic heterocycles. The number of aryl methyl sites for hydroxylation is 1. The minimum atomic E-state index is -0.833. The molecule has 1 aromatic carbocycles. The number of imide groups is 1. The van der Waals surface area contributed by atoms with E-state index in [0.29, 0.717) is 5.76 Å². The SMILES string of the molecule is Cc1ccc(CN(C)C(=O)COC(=O)CN2C(=O)c3ccccc3C2=O)o1. The van der Waals surface area contributed by atoms with Gasteiger partial charge in [-0.2, -0.15) is 0 Å². The highest BCUT2D eigenvalue weighted by molar-refractivity contribution is 6.22. The van der Waals surface area contributed by atoms with Crippen LogP contribution in [0.3, 0.4) is 0 Å². The van der Waals surface area contributed by atoms with Gasteiger partial charge in [0.1, 0.15) is 18.1 Å². The smallest absolute Gasteiger partial charge is 0.326 e. The average Bonchev–Trinajstić information content (AvgIpc) is 3.16. The predicted octanol–water partition coefficient (Wildman–Crippen LogP) is 1.39. The first-order valence-electron chi connectivity index (χ1n) is 8.27. The molecule has 0 fully saturated rings. The fourth-order valence-electron chi connectivity index (χ4n) is 2.70. The first kappa shape index (κ1) is 18.4. The fourth-order valence-corrected chi connectivity index (χ4v) is 2.70. The molecule has 3 rings (SSSR count). The number of fused-ring (bicyclic) bond motifs is 1. The second-order valence-corrected chi connectivity index (χ2v) is 6.16. The van der Waals surface area contributed by atoms with Crippen molar-refractivity contribution in [2.75, 3.05) is 20.2 Å². The molecule has 27 heavy (non-hydrogen) atoms. The van der Waals surface area contributed by atoms with Gasteiger partial charge in [0.05, 0.1) is 17.7 Å². The van der Waals surface area contributed by atoms with Crippen molar-refractivity contribution >= 4 is 23.7 Å². The molecule has 1 aliphatic rings. The van der Waals surface area contributed by atoms with Gasteiger partial charge in [0.25, 0.3) is 17.7 Å². The van der Waals surface area contributed by atoms with E-state index in [1.54, 1.807) is 38.2 Å². The Morgan fingerprint density at radius 2 is 1.70 bits per heavy atom. The lowest BCUT2D eigenvalue weighted by atomic mass is 10.1. The molecule has 0 radical (unpaired) electrons. The van der Waals surface area contributed by atoms with E-state index in [1.807, 2.05) is 0 Å². The highest BCUT2D eigenvalue weighted by atomic mass is 16.5. The van der Waals surface area contributed by atoms with E-state index >= 15 is 0 Å². The van der Waals surface area contributed by atoms with E-state index in [9.17, 15) is 19.2 Å². The third-order valence-corrected chi connectivity index (χ3v) is 4.14. The van der Waals surface area contributed by atoms with E-state index in [0.717, 1.165) is 10.7 Å². The topological polar surface area (TPSA) is 97.1 Å². The van der Waals surface area contributed by atoms with Gasteiger partial charge in [-0.25, -0.2) is 0 Å². The number of hydrogen-bond acceptors (Lipinski definition) is 6. The summed E-state index contributed by atoms with van der Waals surface area (Å²) >= 11 is 0. The standard InChI is InChI=1S/C19H18N2O6/c1-12-7-8-13(27-12)9-20(2)16(22)11-26-17(23)10-21-18(24)14-5-3-4-6-15(14)19(21)25/h3-8H,9-11H2,1-2H3. The first-order chi connectivity index (χ1) is 12.9. The van der Waals surface area contributed by atoms with Crippen LogP contribution in [-0.4, -0.2) is 53.7 Å². The molecule has 0 bridgehead atoms. The number of carbonyl (C=O) groups excluding carboxylic acids is 4. The monoisotopic (exact) mass is 370 g/mol. The van der Waals surface area contributed by atoms with Gasteiger partial charge in [-0.05, 0) is 31.2 Å². The molecule has 0 saturated carbocycles. The quantitative estimate of drug-likeness (QED) is 0.563. The summed E-state index contributed by atoms with van der Waals surface area (Å²) < 4.78 is 10.3. The number of benzene rings is 1. The number of likely N-dealkylation sites (N-methyl/N-ethyl adjacent to an activating group) is 1. The first-order valence-corrected chi connectivity index (χ1v) is 8.27. The van der Waals surface area contributed by atoms with Crippen LogP contribution in [0.15, 0.2) is 40.8 Å². The summed E-state index contributed by atoms with van der Waals surface area (Å²) in [4.78, 5) is 50.6. The van der Waals surface area contributed by atoms with Gasteiger partial charge in [-0.3, -0.25) is 24.1 Å². The predicted molar refractivity (Wildman–Crippen MR) is 92.7 cm³/mol. The van der Waals surface area contributed by atoms with Crippen LogP contribution in [0.1, 0.15) is 32.2 Å². The summed E-state index contributed by atoms with van der Waals surface area (Å²) in [6.07, 6.45) is 0. The number of carbonyl (C=O) groups is 4. The summed E-state index contributed by atoms with van der Waals surface area (Å²) in [7, 11) is 1.55. The summed E-state index contributed by atoms with van der Waals surface area (Å²) in [5.41, 5.74) is 0.500. The number of ether oxygens (including phenoxy) is 1. The zero-order valence-electron chi connectivity index (χ0n) is 14.9. The molecule has 0 saturated heterocycles. The lowest BCUT2D eigenvalue weighted by Crippen LogP contribution is -2.37. The molecule has 0 unspecified atom stereocenters. The Morgan fingerprint density at radius 3 is 2.26 bits per heavy atom. The van der Waals surface area contributed by atoms with Crippen molar-refractivity contribution in [3.05, 3.63) is 59.0 Å². The highest BCUT2D eigenvalue weighted by Gasteiger charge is 2.36. The van der Waals surface area contributed by atoms with E-state index in [-0.39, 0.29) is 17.7 Å². The maximum atomic E-state index is 12.2. The summed E-state index contributed by atoms with van der Waals surface area (Å²) in [6.45, 7) is 1.01. The normalized spacial score (nSPS) is 12.9. The van der Waals surface area contributed by atoms with Crippen LogP contribution >= 0.6 is 0 Å². The van der Waals surface area contributed by atoms with Crippen LogP contribution in [0.4, 0.5) is 0 Å². The Hall–Kier alpha value is -3.42. The molecule has 3 amide bonds. The molecule has 0 spiro atoms. The highest BCUT2D eigenvalue weighted by Crippen LogP contribution is 2.22. The molecular formula is C19H18N2O6. The minimum Gasteiger partial charge on any atom is -0.464 e. The molecule has 0 atom stereocenters. The van der Waals surface area contributed by atoms with Crippen molar-refractivity contribution in [3.8, 4) is 0 Å². The van der Waals surface area contributed by atoms with Crippen molar-refractivity contribution in [2.24, 2.45) is 0 Å². The van der Waals surface area contributed by atoms with E-state index in [1.165, 1.54) is 17.0 Å². The molecule has 2 heterocycles. The Labute approximate surface area is 155 Å². The van der Waals surface area contributed by atoms with Crippen molar-refractivity contribution in [3.63, 3.8) is 0 Å². The maximum absolute atomic E-state index is 12.2. The van der Waals surface area contributed by atoms with E-state index in [4.69, 9.17) is 9.15 Å². The van der Waals surface area contributed by atoms with Gasteiger partial charge < -0.3 is 14.1 Å². The summed E-state index contributed by atoms with van der Waals surface area (Å²) in [6, 6.07) is 9.87. The summed E-state index contributed by atoms with van der Waals surface area (Å²) in [5, 5.41) is 0. The van der Waals surface area contributed by atoms with Gasteiger partial charge in [0.2, 0.25) is 0 Å². The lowest BCUT2D eigenvalue weighted by molar-refractivity contribution is -0.151. The summed E-state index contributed by atoms with van der Waals surface area (Å²) in [5.74, 6) is -1.02. The van der Waals surface area contributed by atoms with Gasteiger partial charge in [0, 0.05) is 7.05 Å². The minimum absolute atomic E-state index is 0.239. The van der Waals surface area contributed by atoms with Gasteiger partial charge in [0.15, 0.2) is 6.61 Å². The lowest BCUT2D eigenvalue weighted by Gasteiger charge is -2.17. The Bertz CT molecular complexity index is 881. The zero-order valence-corrected chi connectivity index (χ0v) is 14.9. The Kier molecular flexibility index (Phi) is 5.07. The largest absolute Gasteiger partial charge is 0.464 e. The molecule has 140 valence electrons. The molecule has 8 heteroatoms. The molecular weight excluding hydrogens is 352 g/mol. The third kappa shape index (κ3) is 3.89. The van der Waals surface area contributed by atoms with Crippen molar-refractivity contribution < 1.29 is 28.3 Å². The molecule has 0 N–H and O–H groups in total. The van der Waals surface area contributed by atoms with Crippen LogP contribution in [0, 0.1) is 6.92 Å². The number of amides is 3. The van der Waals surface area contributed by atoms with Crippen molar-refractivity contribution in [2.45, 2.75) is 13.5 Å².